The van der Waals surface area contributed by atoms with Gasteiger partial charge in [0.15, 0.2) is 0 Å². The minimum atomic E-state index is -0.118. The van der Waals surface area contributed by atoms with Crippen molar-refractivity contribution >= 4 is 5.57 Å². The predicted octanol–water partition coefficient (Wildman–Crippen LogP) is 2.12. The summed E-state index contributed by atoms with van der Waals surface area (Å²) in [6, 6.07) is 0. The Hall–Kier alpha value is -1.38. The maximum absolute atomic E-state index is 11.1. The highest BCUT2D eigenvalue weighted by Gasteiger charge is 2.05. The summed E-state index contributed by atoms with van der Waals surface area (Å²) < 4.78 is 0. The lowest BCUT2D eigenvalue weighted by molar-refractivity contribution is 0.720. The third-order valence-electron chi connectivity index (χ3n) is 2.54. The topological polar surface area (TPSA) is 45.8 Å². The number of nitrogens with one attached hydrogen (secondary N) is 1. The molecule has 0 unspecified atom stereocenters. The standard InChI is InChI=1S/C11H14N2O/c14-11-8-12-7-10(13-11)9-5-3-1-2-4-6-9/h5,7-8H,1-4,6H2,(H,13,14). The number of aromatic nitrogens is 2. The molecule has 0 saturated heterocycles. The molecule has 2 rings (SSSR count). The Morgan fingerprint density at radius 3 is 3.00 bits per heavy atom. The van der Waals surface area contributed by atoms with Gasteiger partial charge in [-0.15, -0.1) is 0 Å². The van der Waals surface area contributed by atoms with Gasteiger partial charge in [0.1, 0.15) is 0 Å². The van der Waals surface area contributed by atoms with Crippen molar-refractivity contribution in [3.05, 3.63) is 34.5 Å². The van der Waals surface area contributed by atoms with E-state index in [0.29, 0.717) is 0 Å². The van der Waals surface area contributed by atoms with Gasteiger partial charge >= 0.3 is 0 Å². The first-order valence-electron chi connectivity index (χ1n) is 5.10. The largest absolute Gasteiger partial charge is 0.320 e. The Morgan fingerprint density at radius 1 is 1.21 bits per heavy atom. The highest BCUT2D eigenvalue weighted by Crippen LogP contribution is 2.23. The molecule has 74 valence electrons. The second-order valence-electron chi connectivity index (χ2n) is 3.64. The number of rotatable bonds is 1. The lowest BCUT2D eigenvalue weighted by atomic mass is 10.1. The van der Waals surface area contributed by atoms with Crippen molar-refractivity contribution in [2.75, 3.05) is 0 Å². The second-order valence-corrected chi connectivity index (χ2v) is 3.64. The number of nitrogens with zero attached hydrogens (tertiary/aromatic N) is 1. The van der Waals surface area contributed by atoms with E-state index in [1.807, 2.05) is 0 Å². The van der Waals surface area contributed by atoms with Crippen molar-refractivity contribution in [2.45, 2.75) is 32.1 Å². The van der Waals surface area contributed by atoms with Gasteiger partial charge in [0.25, 0.3) is 5.56 Å². The van der Waals surface area contributed by atoms with E-state index >= 15 is 0 Å². The van der Waals surface area contributed by atoms with E-state index < -0.39 is 0 Å². The molecule has 3 nitrogen and oxygen atoms in total. The van der Waals surface area contributed by atoms with Crippen molar-refractivity contribution in [3.8, 4) is 0 Å². The van der Waals surface area contributed by atoms with Crippen molar-refractivity contribution < 1.29 is 0 Å². The fourth-order valence-electron chi connectivity index (χ4n) is 1.80. The average Bonchev–Trinajstić information content (AvgIpc) is 2.45. The fraction of sp³-hybridized carbons (Fsp3) is 0.455. The molecule has 1 aliphatic carbocycles. The van der Waals surface area contributed by atoms with Gasteiger partial charge in [-0.25, -0.2) is 0 Å². The van der Waals surface area contributed by atoms with Crippen LogP contribution in [0.5, 0.6) is 0 Å². The summed E-state index contributed by atoms with van der Waals surface area (Å²) in [6.45, 7) is 0. The van der Waals surface area contributed by atoms with Crippen molar-refractivity contribution in [2.24, 2.45) is 0 Å². The quantitative estimate of drug-likeness (QED) is 0.737. The highest BCUT2D eigenvalue weighted by atomic mass is 16.1. The number of aromatic amines is 1. The molecule has 0 atom stereocenters. The van der Waals surface area contributed by atoms with Crippen LogP contribution in [0.2, 0.25) is 0 Å². The van der Waals surface area contributed by atoms with E-state index in [-0.39, 0.29) is 5.56 Å². The van der Waals surface area contributed by atoms with Gasteiger partial charge in [0.2, 0.25) is 0 Å². The van der Waals surface area contributed by atoms with Crippen LogP contribution in [0.25, 0.3) is 5.57 Å². The van der Waals surface area contributed by atoms with E-state index in [1.54, 1.807) is 6.20 Å². The number of allylic oxidation sites excluding steroid dienone is 2. The molecular weight excluding hydrogens is 176 g/mol. The molecule has 1 aromatic heterocycles. The van der Waals surface area contributed by atoms with Gasteiger partial charge in [0, 0.05) is 0 Å². The normalized spacial score (nSPS) is 17.3. The third kappa shape index (κ3) is 2.10. The SMILES string of the molecule is O=c1cncc(C2=CCCCCC2)[nH]1. The molecular formula is C11H14N2O. The molecule has 14 heavy (non-hydrogen) atoms. The van der Waals surface area contributed by atoms with Crippen LogP contribution in [0.1, 0.15) is 37.8 Å². The van der Waals surface area contributed by atoms with E-state index in [4.69, 9.17) is 0 Å². The van der Waals surface area contributed by atoms with Crippen LogP contribution in [-0.4, -0.2) is 9.97 Å². The fourth-order valence-corrected chi connectivity index (χ4v) is 1.80. The maximum atomic E-state index is 11.1. The van der Waals surface area contributed by atoms with E-state index in [0.717, 1.165) is 18.5 Å². The molecule has 1 aromatic rings. The van der Waals surface area contributed by atoms with Crippen LogP contribution in [0.15, 0.2) is 23.3 Å². The average molecular weight is 190 g/mol. The lowest BCUT2D eigenvalue weighted by Crippen LogP contribution is -2.07. The Labute approximate surface area is 82.9 Å². The first kappa shape index (κ1) is 9.19. The molecule has 0 radical (unpaired) electrons. The van der Waals surface area contributed by atoms with E-state index in [2.05, 4.69) is 16.0 Å². The first-order valence-corrected chi connectivity index (χ1v) is 5.10. The van der Waals surface area contributed by atoms with Crippen LogP contribution < -0.4 is 5.56 Å². The lowest BCUT2D eigenvalue weighted by Gasteiger charge is -2.03. The van der Waals surface area contributed by atoms with Gasteiger partial charge in [-0.3, -0.25) is 9.78 Å². The highest BCUT2D eigenvalue weighted by molar-refractivity contribution is 5.61. The Balaban J connectivity index is 2.29. The summed E-state index contributed by atoms with van der Waals surface area (Å²) in [4.78, 5) is 17.8. The summed E-state index contributed by atoms with van der Waals surface area (Å²) in [5.74, 6) is 0. The summed E-state index contributed by atoms with van der Waals surface area (Å²) in [5, 5.41) is 0. The molecule has 1 N–H and O–H groups in total. The van der Waals surface area contributed by atoms with Crippen molar-refractivity contribution in [1.82, 2.24) is 9.97 Å². The molecule has 0 bridgehead atoms. The summed E-state index contributed by atoms with van der Waals surface area (Å²) in [7, 11) is 0. The second kappa shape index (κ2) is 4.22. The summed E-state index contributed by atoms with van der Waals surface area (Å²) in [6.07, 6.45) is 11.2. The summed E-state index contributed by atoms with van der Waals surface area (Å²) in [5.41, 5.74) is 2.01. The van der Waals surface area contributed by atoms with Crippen LogP contribution in [0, 0.1) is 0 Å². The molecule has 0 fully saturated rings. The van der Waals surface area contributed by atoms with Gasteiger partial charge in [-0.2, -0.15) is 0 Å². The molecule has 0 aliphatic heterocycles. The van der Waals surface area contributed by atoms with Crippen LogP contribution in [0.3, 0.4) is 0 Å². The van der Waals surface area contributed by atoms with Crippen molar-refractivity contribution in [3.63, 3.8) is 0 Å². The monoisotopic (exact) mass is 190 g/mol. The Bertz CT molecular complexity index is 392. The maximum Gasteiger partial charge on any atom is 0.266 e. The zero-order valence-electron chi connectivity index (χ0n) is 8.12. The zero-order chi connectivity index (χ0) is 9.80. The Morgan fingerprint density at radius 2 is 2.14 bits per heavy atom. The molecule has 0 aromatic carbocycles. The van der Waals surface area contributed by atoms with Crippen LogP contribution in [0.4, 0.5) is 0 Å². The van der Waals surface area contributed by atoms with E-state index in [9.17, 15) is 4.79 Å². The predicted molar refractivity (Wildman–Crippen MR) is 55.9 cm³/mol. The molecule has 0 amide bonds. The molecule has 3 heteroatoms. The smallest absolute Gasteiger partial charge is 0.266 e. The van der Waals surface area contributed by atoms with Crippen molar-refractivity contribution in [1.29, 1.82) is 0 Å². The number of H-pyrrole nitrogens is 1. The number of hydrogen-bond acceptors (Lipinski definition) is 2. The van der Waals surface area contributed by atoms with Gasteiger partial charge in [-0.1, -0.05) is 12.5 Å². The minimum absolute atomic E-state index is 0.118. The van der Waals surface area contributed by atoms with Gasteiger partial charge in [-0.05, 0) is 31.3 Å². The molecule has 1 heterocycles. The van der Waals surface area contributed by atoms with Gasteiger partial charge in [0.05, 0.1) is 18.1 Å². The number of hydrogen-bond donors (Lipinski definition) is 1. The molecule has 0 spiro atoms. The third-order valence-corrected chi connectivity index (χ3v) is 2.54. The van der Waals surface area contributed by atoms with E-state index in [1.165, 1.54) is 31.0 Å². The Kier molecular flexibility index (Phi) is 2.77. The minimum Gasteiger partial charge on any atom is -0.320 e. The first-order chi connectivity index (χ1) is 6.86. The van der Waals surface area contributed by atoms with Crippen LogP contribution in [-0.2, 0) is 0 Å². The zero-order valence-corrected chi connectivity index (χ0v) is 8.12. The molecule has 1 aliphatic rings. The summed E-state index contributed by atoms with van der Waals surface area (Å²) >= 11 is 0. The van der Waals surface area contributed by atoms with Crippen LogP contribution >= 0.6 is 0 Å². The molecule has 0 saturated carbocycles. The van der Waals surface area contributed by atoms with Gasteiger partial charge < -0.3 is 4.98 Å².